The number of halogens is 5. The van der Waals surface area contributed by atoms with Crippen molar-refractivity contribution in [3.05, 3.63) is 0 Å². The molecule has 6 heteroatoms. The van der Waals surface area contributed by atoms with Crippen LogP contribution < -0.4 is 34.0 Å². The Kier molecular flexibility index (Phi) is 14.5. The molecule has 0 spiro atoms. The van der Waals surface area contributed by atoms with E-state index >= 15 is 0 Å². The maximum absolute atomic E-state index is 11.6. The van der Waals surface area contributed by atoms with Crippen LogP contribution in [0.4, 0.5) is 13.2 Å². The Labute approximate surface area is 102 Å². The van der Waals surface area contributed by atoms with Gasteiger partial charge in [0.2, 0.25) is 0 Å². The predicted octanol–water partition coefficient (Wildman–Crippen LogP) is -3.78. The Morgan fingerprint density at radius 3 is 0.909 bits per heavy atom. The zero-order valence-corrected chi connectivity index (χ0v) is 11.2. The largest absolute Gasteiger partial charge is 2.00 e. The molecule has 0 rings (SSSR count). The molecule has 0 N–H and O–H groups in total. The summed E-state index contributed by atoms with van der Waals surface area (Å²) in [6, 6.07) is 0. The summed E-state index contributed by atoms with van der Waals surface area (Å²) in [5, 5.41) is 0. The minimum atomic E-state index is -4.06. The standard InChI is InChI=1S/C5H9F3.2BrH.Mg/c1-4(2,3)5(6,7)8;;;/h1-3H3;2*1H;/q;;;+2/p-2. The van der Waals surface area contributed by atoms with Crippen LogP contribution in [0, 0.1) is 5.41 Å². The van der Waals surface area contributed by atoms with Gasteiger partial charge in [-0.2, -0.15) is 13.2 Å². The fourth-order valence-electron chi connectivity index (χ4n) is 0. The van der Waals surface area contributed by atoms with Crippen LogP contribution >= 0.6 is 0 Å². The molecule has 0 aromatic rings. The average Bonchev–Trinajstić information content (AvgIpc) is 1.25. The molecule has 0 aliphatic carbocycles. The summed E-state index contributed by atoms with van der Waals surface area (Å²) >= 11 is 0. The summed E-state index contributed by atoms with van der Waals surface area (Å²) in [4.78, 5) is 0. The van der Waals surface area contributed by atoms with Gasteiger partial charge in [0.15, 0.2) is 0 Å². The van der Waals surface area contributed by atoms with Gasteiger partial charge in [0, 0.05) is 0 Å². The van der Waals surface area contributed by atoms with Crippen LogP contribution in [0.1, 0.15) is 20.8 Å². The zero-order chi connectivity index (χ0) is 7.00. The third kappa shape index (κ3) is 9.43. The number of hydrogen-bond acceptors (Lipinski definition) is 0. The van der Waals surface area contributed by atoms with Crippen molar-refractivity contribution in [1.82, 2.24) is 0 Å². The summed E-state index contributed by atoms with van der Waals surface area (Å²) in [7, 11) is 0. The topological polar surface area (TPSA) is 0 Å². The Balaban J connectivity index is -0.0000000817. The summed E-state index contributed by atoms with van der Waals surface area (Å²) in [5.41, 5.74) is -1.56. The first-order chi connectivity index (χ1) is 3.25. The molecule has 0 atom stereocenters. The van der Waals surface area contributed by atoms with E-state index in [9.17, 15) is 13.2 Å². The molecule has 0 radical (unpaired) electrons. The average molecular weight is 310 g/mol. The van der Waals surface area contributed by atoms with E-state index in [0.717, 1.165) is 20.8 Å². The van der Waals surface area contributed by atoms with E-state index in [4.69, 9.17) is 0 Å². The first kappa shape index (κ1) is 22.9. The first-order valence-electron chi connectivity index (χ1n) is 2.32. The molecule has 0 aromatic carbocycles. The molecule has 0 fully saturated rings. The molecule has 0 amide bonds. The molecule has 0 unspecified atom stereocenters. The van der Waals surface area contributed by atoms with Gasteiger partial charge in [-0.3, -0.25) is 0 Å². The van der Waals surface area contributed by atoms with Crippen LogP contribution in [0.25, 0.3) is 0 Å². The van der Waals surface area contributed by atoms with Gasteiger partial charge in [-0.25, -0.2) is 0 Å². The summed E-state index contributed by atoms with van der Waals surface area (Å²) in [6.45, 7) is 3.44. The van der Waals surface area contributed by atoms with Crippen LogP contribution in [0.3, 0.4) is 0 Å². The van der Waals surface area contributed by atoms with E-state index in [1.54, 1.807) is 0 Å². The van der Waals surface area contributed by atoms with Crippen molar-refractivity contribution in [1.29, 1.82) is 0 Å². The zero-order valence-electron chi connectivity index (χ0n) is 6.60. The Bertz CT molecular complexity index is 74.7. The van der Waals surface area contributed by atoms with Crippen LogP contribution in [-0.2, 0) is 0 Å². The third-order valence-electron chi connectivity index (χ3n) is 0.850. The van der Waals surface area contributed by atoms with Gasteiger partial charge in [0.05, 0.1) is 5.41 Å². The molecule has 66 valence electrons. The molecular weight excluding hydrogens is 301 g/mol. The molecule has 0 bridgehead atoms. The molecule has 0 saturated heterocycles. The van der Waals surface area contributed by atoms with Crippen molar-refractivity contribution < 1.29 is 47.1 Å². The van der Waals surface area contributed by atoms with Gasteiger partial charge in [-0.1, -0.05) is 20.8 Å². The van der Waals surface area contributed by atoms with Crippen LogP contribution in [-0.4, -0.2) is 29.2 Å². The van der Waals surface area contributed by atoms with Crippen LogP contribution in [0.15, 0.2) is 0 Å². The number of hydrogen-bond donors (Lipinski definition) is 0. The van der Waals surface area contributed by atoms with Gasteiger partial charge < -0.3 is 34.0 Å². The SMILES string of the molecule is CC(C)(C)C(F)(F)F.[Br-].[Br-].[Mg+2]. The van der Waals surface area contributed by atoms with Gasteiger partial charge in [-0.15, -0.1) is 0 Å². The number of rotatable bonds is 0. The second kappa shape index (κ2) is 6.97. The van der Waals surface area contributed by atoms with Crippen molar-refractivity contribution in [3.8, 4) is 0 Å². The van der Waals surface area contributed by atoms with Crippen molar-refractivity contribution in [2.75, 3.05) is 0 Å². The fourth-order valence-corrected chi connectivity index (χ4v) is 0. The third-order valence-corrected chi connectivity index (χ3v) is 0.850. The van der Waals surface area contributed by atoms with E-state index in [2.05, 4.69) is 0 Å². The van der Waals surface area contributed by atoms with Crippen molar-refractivity contribution in [2.45, 2.75) is 26.9 Å². The van der Waals surface area contributed by atoms with E-state index < -0.39 is 11.6 Å². The van der Waals surface area contributed by atoms with E-state index in [1.807, 2.05) is 0 Å². The molecule has 0 aromatic heterocycles. The smallest absolute Gasteiger partial charge is 1.00 e. The Morgan fingerprint density at radius 1 is 0.818 bits per heavy atom. The molecule has 0 nitrogen and oxygen atoms in total. The molecular formula is C5H9Br2F3Mg. The maximum Gasteiger partial charge on any atom is 2.00 e. The minimum Gasteiger partial charge on any atom is -1.00 e. The molecule has 0 aliphatic heterocycles. The molecule has 0 aliphatic rings. The minimum absolute atomic E-state index is 0. The predicted molar refractivity (Wildman–Crippen MR) is 31.3 cm³/mol. The van der Waals surface area contributed by atoms with Crippen LogP contribution in [0.2, 0.25) is 0 Å². The van der Waals surface area contributed by atoms with Crippen molar-refractivity contribution >= 4 is 23.1 Å². The molecule has 11 heavy (non-hydrogen) atoms. The Hall–Kier alpha value is 1.52. The molecule has 0 saturated carbocycles. The van der Waals surface area contributed by atoms with Gasteiger partial charge >= 0.3 is 29.2 Å². The van der Waals surface area contributed by atoms with E-state index in [0.29, 0.717) is 0 Å². The van der Waals surface area contributed by atoms with Gasteiger partial charge in [0.25, 0.3) is 0 Å². The van der Waals surface area contributed by atoms with Crippen LogP contribution in [0.5, 0.6) is 0 Å². The summed E-state index contributed by atoms with van der Waals surface area (Å²) in [5.74, 6) is 0. The maximum atomic E-state index is 11.6. The fraction of sp³-hybridized carbons (Fsp3) is 1.00. The monoisotopic (exact) mass is 308 g/mol. The second-order valence-electron chi connectivity index (χ2n) is 2.75. The van der Waals surface area contributed by atoms with Crippen molar-refractivity contribution in [3.63, 3.8) is 0 Å². The summed E-state index contributed by atoms with van der Waals surface area (Å²) in [6.07, 6.45) is -4.06. The normalized spacial score (nSPS) is 10.4. The Morgan fingerprint density at radius 2 is 0.909 bits per heavy atom. The molecule has 0 heterocycles. The van der Waals surface area contributed by atoms with Gasteiger partial charge in [-0.05, 0) is 0 Å². The second-order valence-corrected chi connectivity index (χ2v) is 2.75. The van der Waals surface area contributed by atoms with Crippen molar-refractivity contribution in [2.24, 2.45) is 5.41 Å². The van der Waals surface area contributed by atoms with Gasteiger partial charge in [0.1, 0.15) is 0 Å². The van der Waals surface area contributed by atoms with E-state index in [1.165, 1.54) is 0 Å². The first-order valence-corrected chi connectivity index (χ1v) is 2.32. The van der Waals surface area contributed by atoms with E-state index in [-0.39, 0.29) is 57.0 Å². The quantitative estimate of drug-likeness (QED) is 0.403. The summed E-state index contributed by atoms with van der Waals surface area (Å²) < 4.78 is 34.7. The number of alkyl halides is 3.